The van der Waals surface area contributed by atoms with Crippen LogP contribution in [0.25, 0.3) is 0 Å². The van der Waals surface area contributed by atoms with Gasteiger partial charge < -0.3 is 9.47 Å². The first kappa shape index (κ1) is 10.1. The summed E-state index contributed by atoms with van der Waals surface area (Å²) in [6.07, 6.45) is -0.884. The van der Waals surface area contributed by atoms with Crippen molar-refractivity contribution in [1.82, 2.24) is 0 Å². The Morgan fingerprint density at radius 2 is 2.17 bits per heavy atom. The van der Waals surface area contributed by atoms with E-state index in [1.54, 1.807) is 0 Å². The Hall–Kier alpha value is 0.0400. The monoisotopic (exact) mass is 230 g/mol. The molecule has 0 radical (unpaired) electrons. The number of carbonyl (C=O) groups is 1. The summed E-state index contributed by atoms with van der Waals surface area (Å²) in [5, 5.41) is -0.0528. The molecule has 1 aliphatic rings. The van der Waals surface area contributed by atoms with Crippen molar-refractivity contribution in [2.45, 2.75) is 6.29 Å². The second kappa shape index (κ2) is 4.33. The molecule has 0 N–H and O–H groups in total. The Morgan fingerprint density at radius 3 is 2.58 bits per heavy atom. The Labute approximate surface area is 84.2 Å². The van der Waals surface area contributed by atoms with Crippen LogP contribution in [0.5, 0.6) is 0 Å². The maximum Gasteiger partial charge on any atom is 0.353 e. The van der Waals surface area contributed by atoms with Gasteiger partial charge in [-0.2, -0.15) is 0 Å². The second-order valence-corrected chi connectivity index (χ2v) is 3.12. The van der Waals surface area contributed by atoms with Gasteiger partial charge in [-0.25, -0.2) is 4.79 Å². The van der Waals surface area contributed by atoms with Crippen LogP contribution in [0, 0.1) is 0 Å². The number of carbonyl (C=O) groups excluding carboxylic acids is 1. The Kier molecular flexibility index (Phi) is 3.65. The van der Waals surface area contributed by atoms with Crippen LogP contribution in [0.2, 0.25) is 0 Å². The summed E-state index contributed by atoms with van der Waals surface area (Å²) in [6.45, 7) is 0.250. The fourth-order valence-electron chi connectivity index (χ4n) is 0.660. The van der Waals surface area contributed by atoms with E-state index in [0.717, 1.165) is 0 Å². The molecule has 0 spiro atoms. The van der Waals surface area contributed by atoms with Crippen LogP contribution in [0.3, 0.4) is 0 Å². The molecule has 0 amide bonds. The van der Waals surface area contributed by atoms with E-state index < -0.39 is 12.3 Å². The minimum absolute atomic E-state index is 0.0757. The molecule has 0 bridgehead atoms. The summed E-state index contributed by atoms with van der Waals surface area (Å²) < 4.78 is 9.59. The van der Waals surface area contributed by atoms with Crippen LogP contribution in [-0.2, 0) is 14.3 Å². The van der Waals surface area contributed by atoms with Gasteiger partial charge in [0.25, 0.3) is 0 Å². The zero-order chi connectivity index (χ0) is 9.14. The van der Waals surface area contributed by atoms with Gasteiger partial charge in [0.15, 0.2) is 0 Å². The van der Waals surface area contributed by atoms with Crippen molar-refractivity contribution in [2.24, 2.45) is 0 Å². The number of ether oxygens (including phenoxy) is 2. The zero-order valence-corrected chi connectivity index (χ0v) is 8.12. The van der Waals surface area contributed by atoms with E-state index >= 15 is 0 Å². The third kappa shape index (κ3) is 2.04. The topological polar surface area (TPSA) is 35.5 Å². The quantitative estimate of drug-likeness (QED) is 0.549. The lowest BCUT2D eigenvalue weighted by Crippen LogP contribution is -2.15. The lowest BCUT2D eigenvalue weighted by Gasteiger charge is -2.09. The first-order chi connectivity index (χ1) is 5.66. The average Bonchev–Trinajstić information content (AvgIpc) is 2.30. The maximum absolute atomic E-state index is 10.7. The van der Waals surface area contributed by atoms with Gasteiger partial charge in [-0.1, -0.05) is 23.2 Å². The molecule has 0 aromatic heterocycles. The van der Waals surface area contributed by atoms with Crippen LogP contribution < -0.4 is 0 Å². The molecule has 0 saturated carbocycles. The summed E-state index contributed by atoms with van der Waals surface area (Å²) >= 11 is 16.4. The van der Waals surface area contributed by atoms with E-state index in [0.29, 0.717) is 5.88 Å². The number of esters is 1. The number of cyclic esters (lactones) is 1. The van der Waals surface area contributed by atoms with Crippen molar-refractivity contribution in [3.8, 4) is 0 Å². The van der Waals surface area contributed by atoms with Crippen LogP contribution in [0.1, 0.15) is 0 Å². The molecule has 0 aromatic carbocycles. The summed E-state index contributed by atoms with van der Waals surface area (Å²) in [4.78, 5) is 10.7. The van der Waals surface area contributed by atoms with Crippen molar-refractivity contribution in [2.75, 3.05) is 12.5 Å². The lowest BCUT2D eigenvalue weighted by atomic mass is 10.5. The highest BCUT2D eigenvalue weighted by atomic mass is 35.5. The molecule has 6 heteroatoms. The fourth-order valence-corrected chi connectivity index (χ4v) is 1.07. The molecular formula is C6H5Cl3O3. The molecule has 1 aliphatic heterocycles. The molecule has 1 rings (SSSR count). The Bertz CT molecular complexity index is 226. The van der Waals surface area contributed by atoms with Crippen LogP contribution >= 0.6 is 34.8 Å². The number of hydrogen-bond acceptors (Lipinski definition) is 3. The van der Waals surface area contributed by atoms with Crippen LogP contribution in [0.15, 0.2) is 10.1 Å². The second-order valence-electron chi connectivity index (χ2n) is 1.96. The van der Waals surface area contributed by atoms with E-state index in [-0.39, 0.29) is 16.7 Å². The number of halogens is 3. The third-order valence-electron chi connectivity index (χ3n) is 1.16. The van der Waals surface area contributed by atoms with Crippen LogP contribution in [-0.4, -0.2) is 24.7 Å². The summed E-state index contributed by atoms with van der Waals surface area (Å²) in [6, 6.07) is 0. The highest BCUT2D eigenvalue weighted by molar-refractivity contribution is 6.48. The first-order valence-electron chi connectivity index (χ1n) is 3.10. The fraction of sp³-hybridized carbons (Fsp3) is 0.500. The van der Waals surface area contributed by atoms with Crippen LogP contribution in [0.4, 0.5) is 0 Å². The van der Waals surface area contributed by atoms with Crippen molar-refractivity contribution in [3.63, 3.8) is 0 Å². The van der Waals surface area contributed by atoms with E-state index in [9.17, 15) is 4.79 Å². The number of hydrogen-bond donors (Lipinski definition) is 0. The van der Waals surface area contributed by atoms with Gasteiger partial charge in [-0.3, -0.25) is 0 Å². The van der Waals surface area contributed by atoms with Gasteiger partial charge in [0.2, 0.25) is 6.29 Å². The standard InChI is InChI=1S/C6H5Cl3O3/c7-1-2-11-6-4(9)3(8)5(10)12-6/h6H,1-2H2. The molecule has 0 aliphatic carbocycles. The molecule has 12 heavy (non-hydrogen) atoms. The average molecular weight is 231 g/mol. The Morgan fingerprint density at radius 1 is 1.50 bits per heavy atom. The molecule has 0 aromatic rings. The Balaban J connectivity index is 2.55. The van der Waals surface area contributed by atoms with Gasteiger partial charge >= 0.3 is 5.97 Å². The van der Waals surface area contributed by atoms with E-state index in [4.69, 9.17) is 39.5 Å². The normalized spacial score (nSPS) is 23.2. The summed E-state index contributed by atoms with van der Waals surface area (Å²) in [7, 11) is 0. The number of alkyl halides is 1. The van der Waals surface area contributed by atoms with Gasteiger partial charge in [0, 0.05) is 5.88 Å². The minimum Gasteiger partial charge on any atom is -0.426 e. The SMILES string of the molecule is O=C1OC(OCCCl)C(Cl)=C1Cl. The van der Waals surface area contributed by atoms with Crippen molar-refractivity contribution >= 4 is 40.8 Å². The highest BCUT2D eigenvalue weighted by Gasteiger charge is 2.32. The van der Waals surface area contributed by atoms with Gasteiger partial charge in [-0.15, -0.1) is 11.6 Å². The molecule has 68 valence electrons. The van der Waals surface area contributed by atoms with Crippen molar-refractivity contribution < 1.29 is 14.3 Å². The van der Waals surface area contributed by atoms with Gasteiger partial charge in [0.05, 0.1) is 6.61 Å². The van der Waals surface area contributed by atoms with E-state index in [1.165, 1.54) is 0 Å². The predicted molar refractivity (Wildman–Crippen MR) is 45.3 cm³/mol. The maximum atomic E-state index is 10.7. The molecule has 1 heterocycles. The van der Waals surface area contributed by atoms with Crippen molar-refractivity contribution in [1.29, 1.82) is 0 Å². The van der Waals surface area contributed by atoms with E-state index in [2.05, 4.69) is 4.74 Å². The molecule has 0 fully saturated rings. The summed E-state index contributed by atoms with van der Waals surface area (Å²) in [5.41, 5.74) is 0. The minimum atomic E-state index is -0.884. The van der Waals surface area contributed by atoms with Gasteiger partial charge in [-0.05, 0) is 0 Å². The smallest absolute Gasteiger partial charge is 0.353 e. The summed E-state index contributed by atoms with van der Waals surface area (Å²) in [5.74, 6) is -0.364. The zero-order valence-electron chi connectivity index (χ0n) is 5.85. The van der Waals surface area contributed by atoms with E-state index in [1.807, 2.05) is 0 Å². The third-order valence-corrected chi connectivity index (χ3v) is 2.13. The molecule has 0 saturated heterocycles. The largest absolute Gasteiger partial charge is 0.426 e. The molecule has 3 nitrogen and oxygen atoms in total. The number of rotatable bonds is 3. The predicted octanol–water partition coefficient (Wildman–Crippen LogP) is 1.81. The lowest BCUT2D eigenvalue weighted by molar-refractivity contribution is -0.157. The molecular weight excluding hydrogens is 226 g/mol. The first-order valence-corrected chi connectivity index (χ1v) is 4.39. The van der Waals surface area contributed by atoms with Gasteiger partial charge in [0.1, 0.15) is 10.1 Å². The highest BCUT2D eigenvalue weighted by Crippen LogP contribution is 2.29. The molecule has 1 atom stereocenters. The van der Waals surface area contributed by atoms with Crippen molar-refractivity contribution in [3.05, 3.63) is 10.1 Å². The molecule has 1 unspecified atom stereocenters.